The Hall–Kier alpha value is -2.40. The van der Waals surface area contributed by atoms with Crippen LogP contribution >= 0.6 is 0 Å². The molecule has 0 aliphatic carbocycles. The van der Waals surface area contributed by atoms with Crippen molar-refractivity contribution in [2.75, 3.05) is 6.61 Å². The Labute approximate surface area is 160 Å². The number of allylic oxidation sites excluding steroid dienone is 1. The molecule has 0 saturated carbocycles. The summed E-state index contributed by atoms with van der Waals surface area (Å²) in [4.78, 5) is 0. The highest BCUT2D eigenvalue weighted by Gasteiger charge is 2.15. The summed E-state index contributed by atoms with van der Waals surface area (Å²) in [7, 11) is 0. The summed E-state index contributed by atoms with van der Waals surface area (Å²) in [6.45, 7) is 5.70. The van der Waals surface area contributed by atoms with E-state index in [4.69, 9.17) is 4.42 Å². The van der Waals surface area contributed by atoms with Gasteiger partial charge in [0.1, 0.15) is 18.1 Å². The molecule has 2 rings (SSSR count). The van der Waals surface area contributed by atoms with Crippen LogP contribution in [0.25, 0.3) is 11.6 Å². The molecule has 0 fully saturated rings. The second kappa shape index (κ2) is 10.7. The maximum Gasteiger partial charge on any atom is 0.130 e. The molecule has 144 valence electrons. The standard InChI is InChI=1S/C23H28O4/c1-3-17(2)22(13-14-24)23(26)12-9-19(18-7-5-4-6-8-18)15-20-10-11-21(16-25)27-20/h4-8,10-11,13,15,23-26H,2-3,9,12,14,16H2,1H3/b19-15-,22-13-. The molecule has 27 heavy (non-hydrogen) atoms. The zero-order valence-corrected chi connectivity index (χ0v) is 15.8. The van der Waals surface area contributed by atoms with Gasteiger partial charge in [0.2, 0.25) is 0 Å². The minimum atomic E-state index is -0.693. The van der Waals surface area contributed by atoms with Crippen molar-refractivity contribution >= 4 is 11.6 Å². The first-order valence-corrected chi connectivity index (χ1v) is 9.21. The van der Waals surface area contributed by atoms with Gasteiger partial charge in [0.25, 0.3) is 0 Å². The number of hydrogen-bond donors (Lipinski definition) is 3. The summed E-state index contributed by atoms with van der Waals surface area (Å²) in [6.07, 6.45) is 4.72. The topological polar surface area (TPSA) is 73.8 Å². The molecule has 0 radical (unpaired) electrons. The van der Waals surface area contributed by atoms with Crippen molar-refractivity contribution in [1.29, 1.82) is 0 Å². The van der Waals surface area contributed by atoms with Crippen LogP contribution in [0.5, 0.6) is 0 Å². The Kier molecular flexibility index (Phi) is 8.27. The number of benzene rings is 1. The molecule has 4 nitrogen and oxygen atoms in total. The maximum absolute atomic E-state index is 10.6. The first-order chi connectivity index (χ1) is 13.1. The van der Waals surface area contributed by atoms with Crippen molar-refractivity contribution < 1.29 is 19.7 Å². The van der Waals surface area contributed by atoms with Gasteiger partial charge in [-0.3, -0.25) is 0 Å². The fourth-order valence-corrected chi connectivity index (χ4v) is 2.95. The Morgan fingerprint density at radius 3 is 2.48 bits per heavy atom. The van der Waals surface area contributed by atoms with E-state index in [1.54, 1.807) is 12.1 Å². The fraction of sp³-hybridized carbons (Fsp3) is 0.304. The summed E-state index contributed by atoms with van der Waals surface area (Å²) in [5.41, 5.74) is 3.61. The van der Waals surface area contributed by atoms with Crippen molar-refractivity contribution in [2.45, 2.75) is 38.9 Å². The SMILES string of the molecule is C=C(CC)/C(=C/CO)C(O)CC/C(=C/c1ccc(CO)o1)c1ccccc1. The zero-order valence-electron chi connectivity index (χ0n) is 15.8. The molecular weight excluding hydrogens is 340 g/mol. The molecule has 1 aromatic heterocycles. The lowest BCUT2D eigenvalue weighted by Crippen LogP contribution is -2.13. The minimum absolute atomic E-state index is 0.122. The van der Waals surface area contributed by atoms with Crippen LogP contribution in [-0.2, 0) is 6.61 Å². The van der Waals surface area contributed by atoms with Crippen LogP contribution in [0, 0.1) is 0 Å². The molecule has 0 bridgehead atoms. The van der Waals surface area contributed by atoms with Gasteiger partial charge in [-0.1, -0.05) is 49.9 Å². The average Bonchev–Trinajstić information content (AvgIpc) is 3.16. The lowest BCUT2D eigenvalue weighted by atomic mass is 9.92. The fourth-order valence-electron chi connectivity index (χ4n) is 2.95. The van der Waals surface area contributed by atoms with E-state index in [0.29, 0.717) is 29.9 Å². The molecule has 0 spiro atoms. The summed E-state index contributed by atoms with van der Waals surface area (Å²) in [5, 5.41) is 29.0. The quantitative estimate of drug-likeness (QED) is 0.546. The molecule has 2 aromatic rings. The van der Waals surface area contributed by atoms with Gasteiger partial charge in [-0.15, -0.1) is 0 Å². The van der Waals surface area contributed by atoms with Crippen LogP contribution in [0.15, 0.2) is 70.7 Å². The molecule has 1 heterocycles. The molecule has 0 saturated heterocycles. The van der Waals surface area contributed by atoms with E-state index in [1.807, 2.05) is 49.4 Å². The first kappa shape index (κ1) is 20.9. The Bertz CT molecular complexity index is 784. The molecule has 0 aliphatic rings. The molecule has 3 N–H and O–H groups in total. The highest BCUT2D eigenvalue weighted by molar-refractivity contribution is 5.80. The van der Waals surface area contributed by atoms with Gasteiger partial charge in [-0.05, 0) is 59.8 Å². The van der Waals surface area contributed by atoms with Gasteiger partial charge in [0.15, 0.2) is 0 Å². The van der Waals surface area contributed by atoms with Crippen molar-refractivity contribution in [2.24, 2.45) is 0 Å². The molecule has 4 heteroatoms. The minimum Gasteiger partial charge on any atom is -0.459 e. The predicted molar refractivity (Wildman–Crippen MR) is 109 cm³/mol. The van der Waals surface area contributed by atoms with E-state index in [0.717, 1.165) is 23.1 Å². The summed E-state index contributed by atoms with van der Waals surface area (Å²) in [5.74, 6) is 1.18. The maximum atomic E-state index is 10.6. The normalized spacial score (nSPS) is 13.6. The molecule has 1 aromatic carbocycles. The van der Waals surface area contributed by atoms with Crippen LogP contribution < -0.4 is 0 Å². The van der Waals surface area contributed by atoms with Crippen molar-refractivity contribution in [3.63, 3.8) is 0 Å². The second-order valence-corrected chi connectivity index (χ2v) is 6.35. The van der Waals surface area contributed by atoms with Crippen LogP contribution in [0.3, 0.4) is 0 Å². The third-order valence-corrected chi connectivity index (χ3v) is 4.49. The van der Waals surface area contributed by atoms with E-state index in [1.165, 1.54) is 0 Å². The first-order valence-electron chi connectivity index (χ1n) is 9.21. The molecular formula is C23H28O4. The number of furan rings is 1. The Balaban J connectivity index is 2.22. The monoisotopic (exact) mass is 368 g/mol. The third-order valence-electron chi connectivity index (χ3n) is 4.49. The Morgan fingerprint density at radius 2 is 1.89 bits per heavy atom. The zero-order chi connectivity index (χ0) is 19.6. The van der Waals surface area contributed by atoms with Crippen LogP contribution in [0.4, 0.5) is 0 Å². The van der Waals surface area contributed by atoms with Crippen molar-refractivity contribution in [3.8, 4) is 0 Å². The van der Waals surface area contributed by atoms with E-state index in [2.05, 4.69) is 6.58 Å². The summed E-state index contributed by atoms with van der Waals surface area (Å²) in [6, 6.07) is 13.5. The molecule has 0 amide bonds. The predicted octanol–water partition coefficient (Wildman–Crippen LogP) is 4.34. The highest BCUT2D eigenvalue weighted by atomic mass is 16.4. The number of hydrogen-bond acceptors (Lipinski definition) is 4. The largest absolute Gasteiger partial charge is 0.459 e. The smallest absolute Gasteiger partial charge is 0.130 e. The number of rotatable bonds is 10. The average molecular weight is 368 g/mol. The van der Waals surface area contributed by atoms with Crippen LogP contribution in [-0.4, -0.2) is 28.0 Å². The lowest BCUT2D eigenvalue weighted by Gasteiger charge is -2.18. The van der Waals surface area contributed by atoms with E-state index >= 15 is 0 Å². The van der Waals surface area contributed by atoms with E-state index in [-0.39, 0.29) is 13.2 Å². The third kappa shape index (κ3) is 6.07. The van der Waals surface area contributed by atoms with Crippen LogP contribution in [0.2, 0.25) is 0 Å². The van der Waals surface area contributed by atoms with Gasteiger partial charge in [-0.2, -0.15) is 0 Å². The van der Waals surface area contributed by atoms with Gasteiger partial charge >= 0.3 is 0 Å². The number of aliphatic hydroxyl groups excluding tert-OH is 3. The lowest BCUT2D eigenvalue weighted by molar-refractivity contribution is 0.202. The summed E-state index contributed by atoms with van der Waals surface area (Å²) >= 11 is 0. The molecule has 1 atom stereocenters. The number of aliphatic hydroxyl groups is 3. The summed E-state index contributed by atoms with van der Waals surface area (Å²) < 4.78 is 5.59. The van der Waals surface area contributed by atoms with E-state index < -0.39 is 6.10 Å². The Morgan fingerprint density at radius 1 is 1.15 bits per heavy atom. The van der Waals surface area contributed by atoms with Crippen molar-refractivity contribution in [1.82, 2.24) is 0 Å². The van der Waals surface area contributed by atoms with Gasteiger partial charge in [0, 0.05) is 0 Å². The molecule has 0 aliphatic heterocycles. The molecule has 1 unspecified atom stereocenters. The van der Waals surface area contributed by atoms with Crippen LogP contribution in [0.1, 0.15) is 43.3 Å². The van der Waals surface area contributed by atoms with Gasteiger partial charge in [0.05, 0.1) is 12.7 Å². The second-order valence-electron chi connectivity index (χ2n) is 6.35. The van der Waals surface area contributed by atoms with E-state index in [9.17, 15) is 15.3 Å². The highest BCUT2D eigenvalue weighted by Crippen LogP contribution is 2.27. The van der Waals surface area contributed by atoms with Crippen molar-refractivity contribution in [3.05, 3.63) is 83.3 Å². The van der Waals surface area contributed by atoms with Gasteiger partial charge in [-0.25, -0.2) is 0 Å². The van der Waals surface area contributed by atoms with Gasteiger partial charge < -0.3 is 19.7 Å².